The van der Waals surface area contributed by atoms with Crippen molar-refractivity contribution < 1.29 is 14.4 Å². The van der Waals surface area contributed by atoms with Crippen LogP contribution in [0, 0.1) is 22.7 Å². The fourth-order valence-corrected chi connectivity index (χ4v) is 2.18. The van der Waals surface area contributed by atoms with Crippen molar-refractivity contribution in [3.05, 3.63) is 0 Å². The molecule has 2 amide bonds. The molecule has 2 N–H and O–H groups in total. The molecule has 1 aliphatic rings. The number of amides is 2. The van der Waals surface area contributed by atoms with E-state index in [1.165, 1.54) is 7.11 Å². The largest absolute Gasteiger partial charge is 0.398 e. The van der Waals surface area contributed by atoms with Crippen molar-refractivity contribution in [2.75, 3.05) is 13.7 Å². The first kappa shape index (κ1) is 16.4. The summed E-state index contributed by atoms with van der Waals surface area (Å²) in [5.74, 6) is -1.27. The van der Waals surface area contributed by atoms with Gasteiger partial charge >= 0.3 is 0 Å². The Morgan fingerprint density at radius 2 is 1.95 bits per heavy atom. The van der Waals surface area contributed by atoms with Crippen molar-refractivity contribution in [1.82, 2.24) is 10.6 Å². The average Bonchev–Trinajstić information content (AvgIpc) is 2.51. The van der Waals surface area contributed by atoms with Crippen molar-refractivity contribution in [3.8, 4) is 12.1 Å². The monoisotopic (exact) mass is 291 g/mol. The second kappa shape index (κ2) is 7.85. The van der Waals surface area contributed by atoms with Crippen LogP contribution >= 0.6 is 0 Å². The van der Waals surface area contributed by atoms with Crippen molar-refractivity contribution >= 4 is 17.5 Å². The highest BCUT2D eigenvalue weighted by molar-refractivity contribution is 6.45. The highest BCUT2D eigenvalue weighted by Gasteiger charge is 2.33. The number of oxime groups is 1. The molecule has 112 valence electrons. The van der Waals surface area contributed by atoms with Gasteiger partial charge in [-0.3, -0.25) is 9.59 Å². The Balaban J connectivity index is 2.51. The molecule has 8 nitrogen and oxygen atoms in total. The second-order valence-corrected chi connectivity index (χ2v) is 4.72. The minimum Gasteiger partial charge on any atom is -0.398 e. The Morgan fingerprint density at radius 3 is 2.48 bits per heavy atom. The molecule has 0 aliphatic heterocycles. The van der Waals surface area contributed by atoms with E-state index in [1.54, 1.807) is 6.07 Å². The number of rotatable bonds is 5. The Bertz CT molecular complexity index is 509. The molecule has 0 bridgehead atoms. The van der Waals surface area contributed by atoms with Gasteiger partial charge in [-0.2, -0.15) is 10.5 Å². The topological polar surface area (TPSA) is 127 Å². The molecule has 0 aromatic rings. The van der Waals surface area contributed by atoms with Crippen LogP contribution in [-0.4, -0.2) is 36.7 Å². The van der Waals surface area contributed by atoms with Crippen LogP contribution in [0.15, 0.2) is 5.16 Å². The Labute approximate surface area is 122 Å². The van der Waals surface area contributed by atoms with Crippen LogP contribution in [0.4, 0.5) is 0 Å². The molecule has 1 fully saturated rings. The maximum Gasteiger partial charge on any atom is 0.284 e. The smallest absolute Gasteiger partial charge is 0.284 e. The van der Waals surface area contributed by atoms with E-state index < -0.39 is 23.1 Å². The van der Waals surface area contributed by atoms with Crippen LogP contribution in [0.2, 0.25) is 0 Å². The van der Waals surface area contributed by atoms with Crippen LogP contribution in [0.3, 0.4) is 0 Å². The van der Waals surface area contributed by atoms with E-state index in [2.05, 4.69) is 26.7 Å². The molecule has 1 rings (SSSR count). The van der Waals surface area contributed by atoms with Gasteiger partial charge in [-0.1, -0.05) is 24.4 Å². The lowest BCUT2D eigenvalue weighted by Crippen LogP contribution is -2.52. The first-order valence-corrected chi connectivity index (χ1v) is 6.58. The van der Waals surface area contributed by atoms with Gasteiger partial charge in [-0.25, -0.2) is 0 Å². The molecule has 0 unspecified atom stereocenters. The lowest BCUT2D eigenvalue weighted by Gasteiger charge is -2.31. The number of hydrogen-bond donors (Lipinski definition) is 2. The van der Waals surface area contributed by atoms with Gasteiger partial charge in [0.25, 0.3) is 5.91 Å². The summed E-state index contributed by atoms with van der Waals surface area (Å²) < 4.78 is 0. The fraction of sp³-hybridized carbons (Fsp3) is 0.615. The molecule has 0 aromatic heterocycles. The Morgan fingerprint density at radius 1 is 1.29 bits per heavy atom. The van der Waals surface area contributed by atoms with Crippen LogP contribution in [0.5, 0.6) is 0 Å². The maximum atomic E-state index is 11.8. The maximum absolute atomic E-state index is 11.8. The van der Waals surface area contributed by atoms with Gasteiger partial charge < -0.3 is 15.5 Å². The molecule has 21 heavy (non-hydrogen) atoms. The van der Waals surface area contributed by atoms with Crippen LogP contribution in [0.25, 0.3) is 0 Å². The standard InChI is InChI=1S/C13H17N5O3/c1-21-18-10(7-14)12(20)16-8-11(19)17-13(9-15)5-3-2-4-6-13/h2-6,8H2,1H3,(H,16,20)(H,17,19)/b18-10+. The molecule has 0 aromatic carbocycles. The zero-order valence-corrected chi connectivity index (χ0v) is 11.8. The predicted octanol–water partition coefficient (Wildman–Crippen LogP) is -0.0287. The van der Waals surface area contributed by atoms with Gasteiger partial charge in [-0.05, 0) is 12.8 Å². The highest BCUT2D eigenvalue weighted by Crippen LogP contribution is 2.27. The molecule has 0 radical (unpaired) electrons. The molecule has 1 aliphatic carbocycles. The van der Waals surface area contributed by atoms with Crippen LogP contribution < -0.4 is 10.6 Å². The van der Waals surface area contributed by atoms with Gasteiger partial charge in [0, 0.05) is 0 Å². The van der Waals surface area contributed by atoms with Crippen molar-refractivity contribution in [3.63, 3.8) is 0 Å². The average molecular weight is 291 g/mol. The minimum absolute atomic E-state index is 0.327. The van der Waals surface area contributed by atoms with E-state index in [4.69, 9.17) is 5.26 Å². The number of nitrogens with zero attached hydrogens (tertiary/aromatic N) is 3. The summed E-state index contributed by atoms with van der Waals surface area (Å²) in [5, 5.41) is 26.0. The lowest BCUT2D eigenvalue weighted by atomic mass is 9.83. The SMILES string of the molecule is CO/N=C(\C#N)C(=O)NCC(=O)NC1(C#N)CCCCC1. The molecule has 0 atom stereocenters. The fourth-order valence-electron chi connectivity index (χ4n) is 2.18. The van der Waals surface area contributed by atoms with E-state index in [-0.39, 0.29) is 6.54 Å². The van der Waals surface area contributed by atoms with Gasteiger partial charge in [0.05, 0.1) is 12.6 Å². The second-order valence-electron chi connectivity index (χ2n) is 4.72. The number of nitrogens with one attached hydrogen (secondary N) is 2. The Kier molecular flexibility index (Phi) is 6.15. The third-order valence-corrected chi connectivity index (χ3v) is 3.21. The number of carbonyl (C=O) groups is 2. The van der Waals surface area contributed by atoms with Crippen molar-refractivity contribution in [1.29, 1.82) is 10.5 Å². The summed E-state index contributed by atoms with van der Waals surface area (Å²) >= 11 is 0. The number of carbonyl (C=O) groups excluding carboxylic acids is 2. The van der Waals surface area contributed by atoms with Crippen LogP contribution in [-0.2, 0) is 14.4 Å². The summed E-state index contributed by atoms with van der Waals surface area (Å²) in [6, 6.07) is 3.70. The molecular weight excluding hydrogens is 274 g/mol. The summed E-state index contributed by atoms with van der Waals surface area (Å²) in [7, 11) is 1.21. The molecule has 0 spiro atoms. The van der Waals surface area contributed by atoms with E-state index >= 15 is 0 Å². The quantitative estimate of drug-likeness (QED) is 0.543. The third kappa shape index (κ3) is 4.77. The van der Waals surface area contributed by atoms with Gasteiger partial charge in [0.1, 0.15) is 18.7 Å². The zero-order chi connectivity index (χ0) is 15.7. The summed E-state index contributed by atoms with van der Waals surface area (Å²) in [5.41, 5.74) is -1.32. The van der Waals surface area contributed by atoms with Crippen LogP contribution in [0.1, 0.15) is 32.1 Å². The first-order valence-electron chi connectivity index (χ1n) is 6.58. The molecular formula is C13H17N5O3. The van der Waals surface area contributed by atoms with Gasteiger partial charge in [0.2, 0.25) is 11.6 Å². The zero-order valence-electron chi connectivity index (χ0n) is 11.8. The summed E-state index contributed by atoms with van der Waals surface area (Å²) in [4.78, 5) is 27.7. The van der Waals surface area contributed by atoms with Crippen molar-refractivity contribution in [2.24, 2.45) is 5.16 Å². The number of hydrogen-bond acceptors (Lipinski definition) is 6. The van der Waals surface area contributed by atoms with E-state index in [0.29, 0.717) is 12.8 Å². The molecule has 1 saturated carbocycles. The predicted molar refractivity (Wildman–Crippen MR) is 72.6 cm³/mol. The minimum atomic E-state index is -0.848. The molecule has 8 heteroatoms. The summed E-state index contributed by atoms with van der Waals surface area (Å²) in [6.45, 7) is -0.327. The van der Waals surface area contributed by atoms with Gasteiger partial charge in [0.15, 0.2) is 0 Å². The highest BCUT2D eigenvalue weighted by atomic mass is 16.6. The van der Waals surface area contributed by atoms with E-state index in [0.717, 1.165) is 19.3 Å². The van der Waals surface area contributed by atoms with E-state index in [1.807, 2.05) is 0 Å². The number of nitriles is 2. The van der Waals surface area contributed by atoms with Crippen molar-refractivity contribution in [2.45, 2.75) is 37.6 Å². The molecule has 0 saturated heterocycles. The van der Waals surface area contributed by atoms with Gasteiger partial charge in [-0.15, -0.1) is 0 Å². The normalized spacial score (nSPS) is 17.0. The lowest BCUT2D eigenvalue weighted by molar-refractivity contribution is -0.124. The Hall–Kier alpha value is -2.61. The summed E-state index contributed by atoms with van der Waals surface area (Å²) in [6.07, 6.45) is 4.04. The molecule has 0 heterocycles. The third-order valence-electron chi connectivity index (χ3n) is 3.21. The van der Waals surface area contributed by atoms with E-state index in [9.17, 15) is 14.9 Å². The first-order chi connectivity index (χ1) is 10.1.